The van der Waals surface area contributed by atoms with Crippen molar-refractivity contribution < 1.29 is 13.6 Å². The minimum absolute atomic E-state index is 0.245. The molecule has 1 atom stereocenters. The number of amides is 1. The first-order valence-electron chi connectivity index (χ1n) is 7.13. The lowest BCUT2D eigenvalue weighted by atomic mass is 10.1. The zero-order valence-electron chi connectivity index (χ0n) is 12.4. The van der Waals surface area contributed by atoms with Gasteiger partial charge >= 0.3 is 0 Å². The zero-order valence-corrected chi connectivity index (χ0v) is 12.4. The van der Waals surface area contributed by atoms with E-state index in [0.29, 0.717) is 32.7 Å². The molecule has 1 aliphatic heterocycles. The molecule has 0 radical (unpaired) electrons. The molecule has 1 fully saturated rings. The maximum atomic E-state index is 14.0. The van der Waals surface area contributed by atoms with Crippen molar-refractivity contribution >= 4 is 5.91 Å². The Hall–Kier alpha value is -1.53. The van der Waals surface area contributed by atoms with Crippen LogP contribution in [0.3, 0.4) is 0 Å². The molecule has 4 nitrogen and oxygen atoms in total. The third-order valence-corrected chi connectivity index (χ3v) is 4.06. The van der Waals surface area contributed by atoms with E-state index in [4.69, 9.17) is 5.73 Å². The Bertz CT molecular complexity index is 528. The highest BCUT2D eigenvalue weighted by Crippen LogP contribution is 2.19. The van der Waals surface area contributed by atoms with Crippen LogP contribution < -0.4 is 5.73 Å². The van der Waals surface area contributed by atoms with Crippen LogP contribution in [0.4, 0.5) is 8.78 Å². The highest BCUT2D eigenvalue weighted by molar-refractivity contribution is 5.95. The summed E-state index contributed by atoms with van der Waals surface area (Å²) in [5.74, 6) is -2.15. The Morgan fingerprint density at radius 1 is 1.29 bits per heavy atom. The first-order chi connectivity index (χ1) is 9.95. The molecule has 1 saturated heterocycles. The van der Waals surface area contributed by atoms with Gasteiger partial charge in [0.2, 0.25) is 0 Å². The summed E-state index contributed by atoms with van der Waals surface area (Å²) in [4.78, 5) is 16.0. The Morgan fingerprint density at radius 3 is 2.48 bits per heavy atom. The zero-order chi connectivity index (χ0) is 15.6. The maximum Gasteiger partial charge on any atom is 0.259 e. The van der Waals surface area contributed by atoms with E-state index in [1.807, 2.05) is 6.92 Å². The summed E-state index contributed by atoms with van der Waals surface area (Å²) in [6.07, 6.45) is 0. The van der Waals surface area contributed by atoms with Gasteiger partial charge in [-0.2, -0.15) is 0 Å². The number of benzene rings is 1. The highest BCUT2D eigenvalue weighted by atomic mass is 19.1. The normalized spacial score (nSPS) is 17.9. The van der Waals surface area contributed by atoms with Gasteiger partial charge in [0.15, 0.2) is 0 Å². The van der Waals surface area contributed by atoms with Crippen LogP contribution in [0.15, 0.2) is 12.1 Å². The molecule has 2 rings (SSSR count). The van der Waals surface area contributed by atoms with Gasteiger partial charge in [0.25, 0.3) is 5.91 Å². The van der Waals surface area contributed by atoms with Gasteiger partial charge in [-0.15, -0.1) is 0 Å². The van der Waals surface area contributed by atoms with Crippen molar-refractivity contribution in [3.8, 4) is 0 Å². The summed E-state index contributed by atoms with van der Waals surface area (Å²) >= 11 is 0. The molecule has 1 aromatic rings. The van der Waals surface area contributed by atoms with Gasteiger partial charge in [-0.25, -0.2) is 8.78 Å². The summed E-state index contributed by atoms with van der Waals surface area (Å²) < 4.78 is 27.8. The molecule has 21 heavy (non-hydrogen) atoms. The lowest BCUT2D eigenvalue weighted by Crippen LogP contribution is -2.53. The van der Waals surface area contributed by atoms with Crippen LogP contribution >= 0.6 is 0 Å². The first kappa shape index (κ1) is 15.9. The van der Waals surface area contributed by atoms with E-state index in [-0.39, 0.29) is 11.6 Å². The lowest BCUT2D eigenvalue weighted by molar-refractivity contribution is 0.0580. The number of hydrogen-bond donors (Lipinski definition) is 1. The van der Waals surface area contributed by atoms with Crippen LogP contribution in [-0.2, 0) is 0 Å². The summed E-state index contributed by atoms with van der Waals surface area (Å²) in [5, 5.41) is 0. The van der Waals surface area contributed by atoms with E-state index < -0.39 is 23.1 Å². The Labute approximate surface area is 123 Å². The third-order valence-electron chi connectivity index (χ3n) is 4.06. The predicted molar refractivity (Wildman–Crippen MR) is 77.1 cm³/mol. The number of carbonyl (C=O) groups is 1. The molecule has 1 aliphatic rings. The number of nitrogens with two attached hydrogens (primary N) is 1. The van der Waals surface area contributed by atoms with Gasteiger partial charge in [-0.05, 0) is 25.5 Å². The third kappa shape index (κ3) is 3.22. The molecule has 0 saturated carbocycles. The summed E-state index contributed by atoms with van der Waals surface area (Å²) in [6.45, 7) is 6.34. The number of aryl methyl sites for hydroxylation is 1. The Kier molecular flexibility index (Phi) is 4.90. The molecule has 116 valence electrons. The number of halogens is 2. The van der Waals surface area contributed by atoms with Crippen molar-refractivity contribution in [1.82, 2.24) is 9.80 Å². The van der Waals surface area contributed by atoms with Crippen molar-refractivity contribution in [2.45, 2.75) is 19.9 Å². The minimum atomic E-state index is -0.805. The van der Waals surface area contributed by atoms with E-state index in [1.165, 1.54) is 17.9 Å². The van der Waals surface area contributed by atoms with Crippen molar-refractivity contribution in [3.05, 3.63) is 34.9 Å². The second kappa shape index (κ2) is 6.49. The van der Waals surface area contributed by atoms with E-state index in [0.717, 1.165) is 6.07 Å². The van der Waals surface area contributed by atoms with Gasteiger partial charge in [-0.3, -0.25) is 9.69 Å². The van der Waals surface area contributed by atoms with Crippen LogP contribution in [0.1, 0.15) is 22.8 Å². The number of carbonyl (C=O) groups excluding carboxylic acids is 1. The van der Waals surface area contributed by atoms with E-state index in [2.05, 4.69) is 4.90 Å². The fraction of sp³-hybridized carbons (Fsp3) is 0.533. The fourth-order valence-electron chi connectivity index (χ4n) is 2.53. The van der Waals surface area contributed by atoms with Gasteiger partial charge in [0.1, 0.15) is 17.2 Å². The van der Waals surface area contributed by atoms with E-state index >= 15 is 0 Å². The molecule has 1 unspecified atom stereocenters. The number of nitrogens with zero attached hydrogens (tertiary/aromatic N) is 2. The minimum Gasteiger partial charge on any atom is -0.336 e. The Morgan fingerprint density at radius 2 is 1.90 bits per heavy atom. The van der Waals surface area contributed by atoms with Gasteiger partial charge < -0.3 is 10.6 Å². The lowest BCUT2D eigenvalue weighted by Gasteiger charge is -2.37. The number of hydrogen-bond acceptors (Lipinski definition) is 3. The topological polar surface area (TPSA) is 49.6 Å². The Balaban J connectivity index is 2.11. The summed E-state index contributed by atoms with van der Waals surface area (Å²) in [5.41, 5.74) is 5.45. The molecule has 0 aliphatic carbocycles. The van der Waals surface area contributed by atoms with Crippen molar-refractivity contribution in [3.63, 3.8) is 0 Å². The second-order valence-corrected chi connectivity index (χ2v) is 5.47. The van der Waals surface area contributed by atoms with Crippen LogP contribution in [0.25, 0.3) is 0 Å². The van der Waals surface area contributed by atoms with Crippen molar-refractivity contribution in [2.75, 3.05) is 32.7 Å². The van der Waals surface area contributed by atoms with Gasteiger partial charge in [-0.1, -0.05) is 6.07 Å². The smallest absolute Gasteiger partial charge is 0.259 e. The average molecular weight is 297 g/mol. The molecule has 0 bridgehead atoms. The fourth-order valence-corrected chi connectivity index (χ4v) is 2.53. The van der Waals surface area contributed by atoms with Crippen molar-refractivity contribution in [2.24, 2.45) is 5.73 Å². The van der Waals surface area contributed by atoms with Crippen molar-refractivity contribution in [1.29, 1.82) is 0 Å². The maximum absolute atomic E-state index is 14.0. The van der Waals surface area contributed by atoms with Crippen LogP contribution in [-0.4, -0.2) is 54.5 Å². The molecule has 1 amide bonds. The largest absolute Gasteiger partial charge is 0.336 e. The molecule has 1 aromatic carbocycles. The molecular formula is C15H21F2N3O. The molecule has 2 N–H and O–H groups in total. The SMILES string of the molecule is Cc1ccc(F)c(C(=O)N2CCN(C(C)CN)CC2)c1F. The second-order valence-electron chi connectivity index (χ2n) is 5.47. The molecule has 1 heterocycles. The molecule has 0 aromatic heterocycles. The molecule has 0 spiro atoms. The molecule has 6 heteroatoms. The van der Waals surface area contributed by atoms with E-state index in [1.54, 1.807) is 0 Å². The average Bonchev–Trinajstić information content (AvgIpc) is 2.50. The van der Waals surface area contributed by atoms with Gasteiger partial charge in [0, 0.05) is 38.8 Å². The standard InChI is InChI=1S/C15H21F2N3O/c1-10-3-4-12(16)13(14(10)17)15(21)20-7-5-19(6-8-20)11(2)9-18/h3-4,11H,5-9,18H2,1-2H3. The summed E-state index contributed by atoms with van der Waals surface area (Å²) in [7, 11) is 0. The van der Waals surface area contributed by atoms with Crippen LogP contribution in [0, 0.1) is 18.6 Å². The number of piperazine rings is 1. The molecular weight excluding hydrogens is 276 g/mol. The highest BCUT2D eigenvalue weighted by Gasteiger charge is 2.28. The summed E-state index contributed by atoms with van der Waals surface area (Å²) in [6, 6.07) is 2.72. The first-order valence-corrected chi connectivity index (χ1v) is 7.13. The predicted octanol–water partition coefficient (Wildman–Crippen LogP) is 1.38. The monoisotopic (exact) mass is 297 g/mol. The van der Waals surface area contributed by atoms with Crippen LogP contribution in [0.2, 0.25) is 0 Å². The van der Waals surface area contributed by atoms with E-state index in [9.17, 15) is 13.6 Å². The van der Waals surface area contributed by atoms with Crippen LogP contribution in [0.5, 0.6) is 0 Å². The number of rotatable bonds is 3. The quantitative estimate of drug-likeness (QED) is 0.917. The van der Waals surface area contributed by atoms with Gasteiger partial charge in [0.05, 0.1) is 0 Å².